The van der Waals surface area contributed by atoms with Gasteiger partial charge in [0.25, 0.3) is 0 Å². The van der Waals surface area contributed by atoms with Crippen LogP contribution in [0.3, 0.4) is 0 Å². The van der Waals surface area contributed by atoms with Gasteiger partial charge in [0.15, 0.2) is 0 Å². The number of rotatable bonds is 4. The van der Waals surface area contributed by atoms with Crippen LogP contribution in [0.5, 0.6) is 0 Å². The Bertz CT molecular complexity index is 169. The lowest BCUT2D eigenvalue weighted by atomic mass is 10.2. The zero-order valence-electron chi connectivity index (χ0n) is 7.16. The second-order valence-electron chi connectivity index (χ2n) is 2.46. The number of aliphatic carboxylic acids is 1. The van der Waals surface area contributed by atoms with E-state index in [0.717, 1.165) is 0 Å². The largest absolute Gasteiger partial charge is 0.474 e. The number of carbonyl (C=O) groups excluding carboxylic acids is 1. The fraction of sp³-hybridized carbons (Fsp3) is 0.714. The van der Waals surface area contributed by atoms with Crippen molar-refractivity contribution in [3.8, 4) is 0 Å². The SMILES string of the molecule is COCCC(C)NC(=O)C(=O)O. The fourth-order valence-corrected chi connectivity index (χ4v) is 0.652. The predicted molar refractivity (Wildman–Crippen MR) is 41.7 cm³/mol. The molecule has 0 heterocycles. The summed E-state index contributed by atoms with van der Waals surface area (Å²) < 4.78 is 4.76. The Labute approximate surface area is 70.7 Å². The van der Waals surface area contributed by atoms with Gasteiger partial charge < -0.3 is 15.2 Å². The number of carboxylic acids is 1. The van der Waals surface area contributed by atoms with Crippen LogP contribution in [0.4, 0.5) is 0 Å². The molecule has 70 valence electrons. The van der Waals surface area contributed by atoms with E-state index in [1.54, 1.807) is 14.0 Å². The summed E-state index contributed by atoms with van der Waals surface area (Å²) in [6.07, 6.45) is 0.607. The van der Waals surface area contributed by atoms with Crippen molar-refractivity contribution in [3.63, 3.8) is 0 Å². The molecular weight excluding hydrogens is 162 g/mol. The minimum atomic E-state index is -1.46. The van der Waals surface area contributed by atoms with Crippen molar-refractivity contribution in [2.45, 2.75) is 19.4 Å². The van der Waals surface area contributed by atoms with Crippen molar-refractivity contribution in [1.82, 2.24) is 5.32 Å². The van der Waals surface area contributed by atoms with Crippen molar-refractivity contribution < 1.29 is 19.4 Å². The van der Waals surface area contributed by atoms with Crippen molar-refractivity contribution in [2.24, 2.45) is 0 Å². The maximum Gasteiger partial charge on any atom is 0.394 e. The topological polar surface area (TPSA) is 75.6 Å². The van der Waals surface area contributed by atoms with Gasteiger partial charge in [0.2, 0.25) is 0 Å². The molecule has 0 fully saturated rings. The third-order valence-electron chi connectivity index (χ3n) is 1.33. The summed E-state index contributed by atoms with van der Waals surface area (Å²) >= 11 is 0. The van der Waals surface area contributed by atoms with Crippen LogP contribution >= 0.6 is 0 Å². The Morgan fingerprint density at radius 3 is 2.58 bits per heavy atom. The van der Waals surface area contributed by atoms with Gasteiger partial charge in [-0.3, -0.25) is 4.79 Å². The van der Waals surface area contributed by atoms with E-state index >= 15 is 0 Å². The summed E-state index contributed by atoms with van der Waals surface area (Å²) in [5.41, 5.74) is 0. The standard InChI is InChI=1S/C7H13NO4/c1-5(3-4-12-2)8-6(9)7(10)11/h5H,3-4H2,1-2H3,(H,8,9)(H,10,11). The number of carbonyl (C=O) groups is 2. The highest BCUT2D eigenvalue weighted by atomic mass is 16.5. The summed E-state index contributed by atoms with van der Waals surface area (Å²) in [6, 6.07) is -0.173. The lowest BCUT2D eigenvalue weighted by Crippen LogP contribution is -2.37. The molecule has 5 nitrogen and oxygen atoms in total. The van der Waals surface area contributed by atoms with Gasteiger partial charge in [0.05, 0.1) is 0 Å². The first kappa shape index (κ1) is 10.9. The summed E-state index contributed by atoms with van der Waals surface area (Å²) in [5.74, 6) is -2.43. The third-order valence-corrected chi connectivity index (χ3v) is 1.33. The number of carboxylic acid groups (broad SMARTS) is 1. The molecule has 1 atom stereocenters. The van der Waals surface area contributed by atoms with Crippen molar-refractivity contribution >= 4 is 11.9 Å². The first-order valence-corrected chi connectivity index (χ1v) is 3.60. The molecule has 2 N–H and O–H groups in total. The molecule has 0 saturated heterocycles. The molecule has 0 aliphatic heterocycles. The highest BCUT2D eigenvalue weighted by molar-refractivity contribution is 6.31. The first-order valence-electron chi connectivity index (χ1n) is 3.60. The molecule has 0 spiro atoms. The molecule has 0 saturated carbocycles. The number of amides is 1. The Morgan fingerprint density at radius 1 is 1.58 bits per heavy atom. The van der Waals surface area contributed by atoms with Crippen LogP contribution in [0.25, 0.3) is 0 Å². The van der Waals surface area contributed by atoms with Crippen LogP contribution in [0.15, 0.2) is 0 Å². The van der Waals surface area contributed by atoms with Crippen LogP contribution in [-0.2, 0) is 14.3 Å². The number of methoxy groups -OCH3 is 1. The van der Waals surface area contributed by atoms with E-state index < -0.39 is 11.9 Å². The quantitative estimate of drug-likeness (QED) is 0.571. The van der Waals surface area contributed by atoms with Crippen LogP contribution in [-0.4, -0.2) is 36.7 Å². The van der Waals surface area contributed by atoms with Gasteiger partial charge in [-0.15, -0.1) is 0 Å². The minimum Gasteiger partial charge on any atom is -0.474 e. The van der Waals surface area contributed by atoms with E-state index in [2.05, 4.69) is 5.32 Å². The van der Waals surface area contributed by atoms with Crippen LogP contribution in [0.2, 0.25) is 0 Å². The molecule has 1 unspecified atom stereocenters. The lowest BCUT2D eigenvalue weighted by molar-refractivity contribution is -0.150. The number of hydrogen-bond donors (Lipinski definition) is 2. The van der Waals surface area contributed by atoms with Crippen molar-refractivity contribution in [1.29, 1.82) is 0 Å². The second-order valence-corrected chi connectivity index (χ2v) is 2.46. The molecule has 0 aliphatic rings. The molecule has 0 aromatic heterocycles. The maximum atomic E-state index is 10.6. The zero-order chi connectivity index (χ0) is 9.56. The molecule has 0 rings (SSSR count). The van der Waals surface area contributed by atoms with Crippen LogP contribution < -0.4 is 5.32 Å². The summed E-state index contributed by atoms with van der Waals surface area (Å²) in [5, 5.41) is 10.5. The van der Waals surface area contributed by atoms with E-state index in [4.69, 9.17) is 9.84 Å². The maximum absolute atomic E-state index is 10.6. The van der Waals surface area contributed by atoms with E-state index in [1.165, 1.54) is 0 Å². The van der Waals surface area contributed by atoms with Crippen LogP contribution in [0, 0.1) is 0 Å². The van der Waals surface area contributed by atoms with E-state index in [0.29, 0.717) is 13.0 Å². The minimum absolute atomic E-state index is 0.173. The second kappa shape index (κ2) is 5.54. The molecule has 0 aliphatic carbocycles. The zero-order valence-corrected chi connectivity index (χ0v) is 7.16. The Morgan fingerprint density at radius 2 is 2.17 bits per heavy atom. The smallest absolute Gasteiger partial charge is 0.394 e. The molecular formula is C7H13NO4. The average molecular weight is 175 g/mol. The summed E-state index contributed by atoms with van der Waals surface area (Å²) in [4.78, 5) is 20.6. The van der Waals surface area contributed by atoms with Gasteiger partial charge in [-0.1, -0.05) is 0 Å². The molecule has 0 aromatic carbocycles. The molecule has 0 radical (unpaired) electrons. The Kier molecular flexibility index (Phi) is 5.03. The van der Waals surface area contributed by atoms with Crippen molar-refractivity contribution in [3.05, 3.63) is 0 Å². The third kappa shape index (κ3) is 4.68. The Balaban J connectivity index is 3.61. The fourth-order valence-electron chi connectivity index (χ4n) is 0.652. The number of hydrogen-bond acceptors (Lipinski definition) is 3. The van der Waals surface area contributed by atoms with E-state index in [-0.39, 0.29) is 6.04 Å². The number of ether oxygens (including phenoxy) is 1. The van der Waals surface area contributed by atoms with Gasteiger partial charge in [-0.05, 0) is 13.3 Å². The van der Waals surface area contributed by atoms with Crippen molar-refractivity contribution in [2.75, 3.05) is 13.7 Å². The number of nitrogens with one attached hydrogen (secondary N) is 1. The lowest BCUT2D eigenvalue weighted by Gasteiger charge is -2.10. The van der Waals surface area contributed by atoms with E-state index in [9.17, 15) is 9.59 Å². The van der Waals surface area contributed by atoms with E-state index in [1.807, 2.05) is 0 Å². The average Bonchev–Trinajstić information content (AvgIpc) is 2.00. The van der Waals surface area contributed by atoms with Gasteiger partial charge >= 0.3 is 11.9 Å². The molecule has 1 amide bonds. The molecule has 5 heteroatoms. The molecule has 0 aromatic rings. The highest BCUT2D eigenvalue weighted by Gasteiger charge is 2.13. The van der Waals surface area contributed by atoms with Gasteiger partial charge in [0, 0.05) is 19.8 Å². The van der Waals surface area contributed by atoms with Crippen LogP contribution in [0.1, 0.15) is 13.3 Å². The van der Waals surface area contributed by atoms with Gasteiger partial charge in [-0.2, -0.15) is 0 Å². The normalized spacial score (nSPS) is 12.2. The first-order chi connectivity index (χ1) is 5.57. The van der Waals surface area contributed by atoms with Gasteiger partial charge in [0.1, 0.15) is 0 Å². The summed E-state index contributed by atoms with van der Waals surface area (Å²) in [6.45, 7) is 2.22. The van der Waals surface area contributed by atoms with Gasteiger partial charge in [-0.25, -0.2) is 4.79 Å². The monoisotopic (exact) mass is 175 g/mol. The highest BCUT2D eigenvalue weighted by Crippen LogP contribution is 1.89. The molecule has 0 bridgehead atoms. The summed E-state index contributed by atoms with van der Waals surface area (Å²) in [7, 11) is 1.55. The Hall–Kier alpha value is -1.10. The molecule has 12 heavy (non-hydrogen) atoms. The predicted octanol–water partition coefficient (Wildman–Crippen LogP) is -0.388.